The van der Waals surface area contributed by atoms with Gasteiger partial charge < -0.3 is 5.32 Å². The van der Waals surface area contributed by atoms with Crippen LogP contribution < -0.4 is 5.32 Å². The zero-order valence-corrected chi connectivity index (χ0v) is 19.4. The van der Waals surface area contributed by atoms with Gasteiger partial charge >= 0.3 is 0 Å². The van der Waals surface area contributed by atoms with Gasteiger partial charge in [-0.25, -0.2) is 0 Å². The van der Waals surface area contributed by atoms with E-state index in [2.05, 4.69) is 25.2 Å². The highest BCUT2D eigenvalue weighted by Gasteiger charge is 2.60. The Morgan fingerprint density at radius 2 is 1.83 bits per heavy atom. The van der Waals surface area contributed by atoms with E-state index in [1.54, 1.807) is 11.8 Å². The van der Waals surface area contributed by atoms with Crippen molar-refractivity contribution < 1.29 is 9.59 Å². The molecule has 6 rings (SSSR count). The van der Waals surface area contributed by atoms with E-state index in [4.69, 9.17) is 0 Å². The number of nitrogens with one attached hydrogen (secondary N) is 1. The van der Waals surface area contributed by atoms with Crippen LogP contribution in [0.1, 0.15) is 84.5 Å². The van der Waals surface area contributed by atoms with E-state index in [1.807, 2.05) is 6.08 Å². The van der Waals surface area contributed by atoms with Gasteiger partial charge in [-0.3, -0.25) is 9.59 Å². The average molecular weight is 428 g/mol. The van der Waals surface area contributed by atoms with Crippen molar-refractivity contribution in [1.82, 2.24) is 5.32 Å². The lowest BCUT2D eigenvalue weighted by atomic mass is 9.50. The molecule has 2 bridgehead atoms. The number of rotatable bonds is 2. The molecule has 3 nitrogen and oxygen atoms in total. The zero-order valence-electron chi connectivity index (χ0n) is 18.6. The van der Waals surface area contributed by atoms with Crippen LogP contribution in [0.4, 0.5) is 0 Å². The number of hydrogen-bond acceptors (Lipinski definition) is 3. The van der Waals surface area contributed by atoms with Gasteiger partial charge in [0, 0.05) is 22.1 Å². The van der Waals surface area contributed by atoms with E-state index in [0.717, 1.165) is 31.1 Å². The van der Waals surface area contributed by atoms with Crippen molar-refractivity contribution in [3.63, 3.8) is 0 Å². The monoisotopic (exact) mass is 427 g/mol. The van der Waals surface area contributed by atoms with Crippen molar-refractivity contribution in [3.8, 4) is 0 Å². The minimum absolute atomic E-state index is 0.154. The van der Waals surface area contributed by atoms with Gasteiger partial charge in [0.1, 0.15) is 0 Å². The van der Waals surface area contributed by atoms with Crippen molar-refractivity contribution in [2.75, 3.05) is 0 Å². The Morgan fingerprint density at radius 1 is 1.03 bits per heavy atom. The van der Waals surface area contributed by atoms with E-state index < -0.39 is 0 Å². The molecule has 0 aromatic rings. The molecule has 1 aliphatic heterocycles. The number of carbonyl (C=O) groups is 2. The third-order valence-corrected chi connectivity index (χ3v) is 12.2. The predicted molar refractivity (Wildman–Crippen MR) is 121 cm³/mol. The minimum Gasteiger partial charge on any atom is -0.350 e. The molecule has 164 valence electrons. The summed E-state index contributed by atoms with van der Waals surface area (Å²) in [7, 11) is 0. The molecule has 0 aromatic carbocycles. The summed E-state index contributed by atoms with van der Waals surface area (Å²) in [5.41, 5.74) is 0.644. The molecule has 1 N–H and O–H groups in total. The number of amides is 1. The lowest BCUT2D eigenvalue weighted by Gasteiger charge is -2.57. The molecule has 7 atom stereocenters. The highest BCUT2D eigenvalue weighted by atomic mass is 32.2. The zero-order chi connectivity index (χ0) is 20.7. The van der Waals surface area contributed by atoms with E-state index >= 15 is 0 Å². The highest BCUT2D eigenvalue weighted by Crippen LogP contribution is 2.66. The Kier molecular flexibility index (Phi) is 4.39. The fourth-order valence-electron chi connectivity index (χ4n) is 9.19. The van der Waals surface area contributed by atoms with Gasteiger partial charge in [0.05, 0.1) is 0 Å². The highest BCUT2D eigenvalue weighted by molar-refractivity contribution is 8.14. The lowest BCUT2D eigenvalue weighted by molar-refractivity contribution is -0.127. The Labute approximate surface area is 185 Å². The second-order valence-corrected chi connectivity index (χ2v) is 13.5. The maximum atomic E-state index is 13.4. The summed E-state index contributed by atoms with van der Waals surface area (Å²) in [6.45, 7) is 4.91. The molecular formula is C26H37NO2S. The number of carbonyl (C=O) groups excluding carboxylic acids is 2. The molecule has 5 saturated carbocycles. The Balaban J connectivity index is 1.21. The van der Waals surface area contributed by atoms with Gasteiger partial charge in [0.15, 0.2) is 0 Å². The molecule has 5 fully saturated rings. The first-order valence-electron chi connectivity index (χ1n) is 12.5. The molecule has 5 aliphatic carbocycles. The first-order chi connectivity index (χ1) is 14.3. The first-order valence-corrected chi connectivity index (χ1v) is 13.4. The second-order valence-electron chi connectivity index (χ2n) is 12.3. The van der Waals surface area contributed by atoms with Crippen LogP contribution in [-0.2, 0) is 9.59 Å². The van der Waals surface area contributed by atoms with Crippen LogP contribution in [0.3, 0.4) is 0 Å². The summed E-state index contributed by atoms with van der Waals surface area (Å²) in [5.74, 6) is 3.55. The van der Waals surface area contributed by atoms with Crippen LogP contribution >= 0.6 is 11.8 Å². The van der Waals surface area contributed by atoms with Gasteiger partial charge in [-0.15, -0.1) is 0 Å². The molecule has 4 heteroatoms. The van der Waals surface area contributed by atoms with Crippen molar-refractivity contribution in [1.29, 1.82) is 0 Å². The lowest BCUT2D eigenvalue weighted by Crippen LogP contribution is -2.52. The number of fused-ring (bicyclic) bond motifs is 7. The fourth-order valence-corrected chi connectivity index (χ4v) is 10.4. The van der Waals surface area contributed by atoms with E-state index in [1.165, 1.54) is 51.4 Å². The van der Waals surface area contributed by atoms with Crippen LogP contribution in [0.25, 0.3) is 0 Å². The van der Waals surface area contributed by atoms with Crippen LogP contribution in [0, 0.1) is 40.4 Å². The van der Waals surface area contributed by atoms with Crippen LogP contribution in [-0.4, -0.2) is 21.8 Å². The van der Waals surface area contributed by atoms with Crippen LogP contribution in [0.5, 0.6) is 0 Å². The van der Waals surface area contributed by atoms with Crippen molar-refractivity contribution >= 4 is 22.8 Å². The Bertz CT molecular complexity index is 799. The second kappa shape index (κ2) is 6.62. The molecule has 1 heterocycles. The number of hydrogen-bond donors (Lipinski definition) is 1. The Hall–Kier alpha value is -0.770. The summed E-state index contributed by atoms with van der Waals surface area (Å²) in [6, 6.07) is 0. The quantitative estimate of drug-likeness (QED) is 0.634. The third-order valence-electron chi connectivity index (χ3n) is 10.8. The van der Waals surface area contributed by atoms with Crippen LogP contribution in [0.15, 0.2) is 12.2 Å². The van der Waals surface area contributed by atoms with Gasteiger partial charge in [0.2, 0.25) is 11.0 Å². The first kappa shape index (κ1) is 19.9. The van der Waals surface area contributed by atoms with Crippen molar-refractivity contribution in [2.24, 2.45) is 40.4 Å². The van der Waals surface area contributed by atoms with E-state index in [9.17, 15) is 9.59 Å². The number of allylic oxidation sites excluding steroid dienone is 1. The largest absolute Gasteiger partial charge is 0.350 e. The summed E-state index contributed by atoms with van der Waals surface area (Å²) in [6.07, 6.45) is 17.5. The normalized spacial score (nSPS) is 53.9. The summed E-state index contributed by atoms with van der Waals surface area (Å²) in [4.78, 5) is 25.4. The molecule has 0 radical (unpaired) electrons. The van der Waals surface area contributed by atoms with Gasteiger partial charge in [-0.05, 0) is 106 Å². The topological polar surface area (TPSA) is 46.2 Å². The molecule has 30 heavy (non-hydrogen) atoms. The van der Waals surface area contributed by atoms with Crippen molar-refractivity contribution in [2.45, 2.75) is 95.3 Å². The van der Waals surface area contributed by atoms with Crippen LogP contribution in [0.2, 0.25) is 0 Å². The molecule has 0 saturated heterocycles. The SMILES string of the molecule is C[C@]12CC[C@H]3[C@@H](CC[C@H]4SC(=O)C=C[C@@]43C)[C@@H]1C[C@H](C(=O)NC13CCC(CC1)C3)C2. The van der Waals surface area contributed by atoms with Gasteiger partial charge in [-0.2, -0.15) is 0 Å². The molecule has 0 unspecified atom stereocenters. The summed E-state index contributed by atoms with van der Waals surface area (Å²) in [5, 5.41) is 4.29. The fraction of sp³-hybridized carbons (Fsp3) is 0.846. The molecule has 0 spiro atoms. The molecular weight excluding hydrogens is 390 g/mol. The van der Waals surface area contributed by atoms with E-state index in [-0.39, 0.29) is 22.0 Å². The van der Waals surface area contributed by atoms with E-state index in [0.29, 0.717) is 28.4 Å². The van der Waals surface area contributed by atoms with Gasteiger partial charge in [0.25, 0.3) is 0 Å². The predicted octanol–water partition coefficient (Wildman–Crippen LogP) is 5.49. The molecule has 6 aliphatic rings. The van der Waals surface area contributed by atoms with Gasteiger partial charge in [-0.1, -0.05) is 31.7 Å². The maximum Gasteiger partial charge on any atom is 0.223 e. The van der Waals surface area contributed by atoms with Crippen molar-refractivity contribution in [3.05, 3.63) is 12.2 Å². The minimum atomic E-state index is 0.154. The Morgan fingerprint density at radius 3 is 2.57 bits per heavy atom. The average Bonchev–Trinajstić information content (AvgIpc) is 3.40. The number of thioether (sulfide) groups is 1. The summed E-state index contributed by atoms with van der Waals surface area (Å²) >= 11 is 1.59. The molecule has 1 amide bonds. The third kappa shape index (κ3) is 2.84. The standard InChI is InChI=1S/C26H37NO2S/c1-24-9-7-19-18(3-4-21-25(19,2)10-8-22(28)30-21)20(24)13-17(15-24)23(29)27-26-11-5-16(14-26)6-12-26/h8,10,16-21H,3-7,9,11-15H2,1-2H3,(H,27,29)/t16?,17-,18+,19-,20-,21+,24+,25+,26?/m0/s1. The maximum absolute atomic E-state index is 13.4. The smallest absolute Gasteiger partial charge is 0.223 e. The summed E-state index contributed by atoms with van der Waals surface area (Å²) < 4.78 is 0. The molecule has 0 aromatic heterocycles.